The number of hydrogen-bond acceptors (Lipinski definition) is 2. The Bertz CT molecular complexity index is 574. The van der Waals surface area contributed by atoms with Crippen LogP contribution in [0.15, 0.2) is 24.0 Å². The zero-order valence-corrected chi connectivity index (χ0v) is 14.8. The predicted molar refractivity (Wildman–Crippen MR) is 91.5 cm³/mol. The molecule has 6 atom stereocenters. The van der Waals surface area contributed by atoms with Crippen LogP contribution in [0.4, 0.5) is 0 Å². The van der Waals surface area contributed by atoms with Crippen molar-refractivity contribution in [3.05, 3.63) is 24.0 Å². The molecule has 0 aromatic rings. The molecule has 0 bridgehead atoms. The van der Waals surface area contributed by atoms with Crippen molar-refractivity contribution in [2.75, 3.05) is 0 Å². The normalized spacial score (nSPS) is 48.0. The quantitative estimate of drug-likeness (QED) is 0.488. The van der Waals surface area contributed by atoms with E-state index in [1.54, 1.807) is 0 Å². The van der Waals surface area contributed by atoms with E-state index in [1.165, 1.54) is 45.4 Å². The molecule has 4 aliphatic carbocycles. The second-order valence-electron chi connectivity index (χ2n) is 8.92. The van der Waals surface area contributed by atoms with Crippen LogP contribution in [0, 0.1) is 34.5 Å². The van der Waals surface area contributed by atoms with E-state index in [2.05, 4.69) is 32.1 Å². The molecule has 2 nitrogen and oxygen atoms in total. The summed E-state index contributed by atoms with van der Waals surface area (Å²) in [5.41, 5.74) is 0.601. The summed E-state index contributed by atoms with van der Waals surface area (Å²) in [6.45, 7) is 6.45. The van der Waals surface area contributed by atoms with E-state index in [0.717, 1.165) is 29.9 Å². The van der Waals surface area contributed by atoms with Gasteiger partial charge in [-0.05, 0) is 80.1 Å². The minimum Gasteiger partial charge on any atom is -0.431 e. The SMILES string of the molecule is CC(=O)OC1=CC[C@H]2[C@@H]3CC[C@@H]4CC=CC[C@]4(C)[C@H]3CC[C@]12C. The van der Waals surface area contributed by atoms with Gasteiger partial charge in [0.2, 0.25) is 0 Å². The number of rotatable bonds is 1. The molecule has 2 saturated carbocycles. The fourth-order valence-corrected chi connectivity index (χ4v) is 6.68. The number of fused-ring (bicyclic) bond motifs is 5. The van der Waals surface area contributed by atoms with Gasteiger partial charge in [0.25, 0.3) is 0 Å². The number of carbonyl (C=O) groups excluding carboxylic acids is 1. The summed E-state index contributed by atoms with van der Waals surface area (Å²) in [6.07, 6.45) is 16.0. The summed E-state index contributed by atoms with van der Waals surface area (Å²) in [5.74, 6) is 4.05. The molecule has 0 heterocycles. The zero-order valence-electron chi connectivity index (χ0n) is 14.8. The van der Waals surface area contributed by atoms with Crippen LogP contribution >= 0.6 is 0 Å². The molecule has 23 heavy (non-hydrogen) atoms. The Morgan fingerprint density at radius 2 is 1.96 bits per heavy atom. The van der Waals surface area contributed by atoms with E-state index in [0.29, 0.717) is 11.3 Å². The maximum atomic E-state index is 11.5. The Morgan fingerprint density at radius 3 is 2.74 bits per heavy atom. The van der Waals surface area contributed by atoms with Crippen molar-refractivity contribution in [3.8, 4) is 0 Å². The molecular weight excluding hydrogens is 284 g/mol. The summed E-state index contributed by atoms with van der Waals surface area (Å²) in [5, 5.41) is 0. The highest BCUT2D eigenvalue weighted by Gasteiger charge is 2.58. The molecule has 0 aliphatic heterocycles. The van der Waals surface area contributed by atoms with Gasteiger partial charge in [0.1, 0.15) is 5.76 Å². The fourth-order valence-electron chi connectivity index (χ4n) is 6.68. The summed E-state index contributed by atoms with van der Waals surface area (Å²) < 4.78 is 5.61. The lowest BCUT2D eigenvalue weighted by molar-refractivity contribution is -0.141. The van der Waals surface area contributed by atoms with Crippen LogP contribution in [-0.2, 0) is 9.53 Å². The topological polar surface area (TPSA) is 26.3 Å². The second-order valence-corrected chi connectivity index (χ2v) is 8.92. The van der Waals surface area contributed by atoms with Gasteiger partial charge in [0.15, 0.2) is 0 Å². The van der Waals surface area contributed by atoms with Crippen molar-refractivity contribution in [3.63, 3.8) is 0 Å². The molecule has 0 aromatic carbocycles. The lowest BCUT2D eigenvalue weighted by Crippen LogP contribution is -2.52. The first kappa shape index (κ1) is 15.5. The van der Waals surface area contributed by atoms with Gasteiger partial charge >= 0.3 is 5.97 Å². The van der Waals surface area contributed by atoms with Crippen molar-refractivity contribution in [1.29, 1.82) is 0 Å². The molecule has 2 heteroatoms. The van der Waals surface area contributed by atoms with E-state index < -0.39 is 0 Å². The van der Waals surface area contributed by atoms with Crippen molar-refractivity contribution >= 4 is 5.97 Å². The molecule has 126 valence electrons. The van der Waals surface area contributed by atoms with Crippen LogP contribution in [0.2, 0.25) is 0 Å². The zero-order chi connectivity index (χ0) is 16.2. The van der Waals surface area contributed by atoms with Gasteiger partial charge in [0, 0.05) is 12.3 Å². The van der Waals surface area contributed by atoms with Crippen LogP contribution in [0.1, 0.15) is 65.7 Å². The standard InChI is InChI=1S/C21H30O2/c1-14(22)23-19-10-9-17-16-8-7-15-6-4-5-12-20(15,2)18(16)11-13-21(17,19)3/h4-5,10,15-18H,6-9,11-13H2,1-3H3/t15-,16-,17-,18-,20-,21-/m0/s1. The van der Waals surface area contributed by atoms with Crippen molar-refractivity contribution < 1.29 is 9.53 Å². The lowest BCUT2D eigenvalue weighted by Gasteiger charge is -2.59. The van der Waals surface area contributed by atoms with Gasteiger partial charge in [-0.1, -0.05) is 26.0 Å². The molecular formula is C21H30O2. The molecule has 0 aromatic heterocycles. The minimum absolute atomic E-state index is 0.0978. The van der Waals surface area contributed by atoms with Gasteiger partial charge in [-0.3, -0.25) is 4.79 Å². The maximum absolute atomic E-state index is 11.5. The highest BCUT2D eigenvalue weighted by Crippen LogP contribution is 2.65. The van der Waals surface area contributed by atoms with Gasteiger partial charge in [0.05, 0.1) is 0 Å². The summed E-state index contributed by atoms with van der Waals surface area (Å²) >= 11 is 0. The Kier molecular flexibility index (Phi) is 3.52. The van der Waals surface area contributed by atoms with Crippen molar-refractivity contribution in [2.24, 2.45) is 34.5 Å². The molecule has 0 amide bonds. The third kappa shape index (κ3) is 2.16. The summed E-state index contributed by atoms with van der Waals surface area (Å²) in [7, 11) is 0. The minimum atomic E-state index is -0.159. The van der Waals surface area contributed by atoms with E-state index in [1.807, 2.05) is 0 Å². The predicted octanol–water partition coefficient (Wildman–Crippen LogP) is 5.25. The number of esters is 1. The van der Waals surface area contributed by atoms with Gasteiger partial charge in [-0.2, -0.15) is 0 Å². The lowest BCUT2D eigenvalue weighted by atomic mass is 9.46. The smallest absolute Gasteiger partial charge is 0.307 e. The first-order chi connectivity index (χ1) is 10.9. The highest BCUT2D eigenvalue weighted by atomic mass is 16.5. The number of allylic oxidation sites excluding steroid dienone is 4. The van der Waals surface area contributed by atoms with Crippen molar-refractivity contribution in [1.82, 2.24) is 0 Å². The third-order valence-corrected chi connectivity index (χ3v) is 7.97. The first-order valence-corrected chi connectivity index (χ1v) is 9.49. The Labute approximate surface area is 140 Å². The summed E-state index contributed by atoms with van der Waals surface area (Å²) in [4.78, 5) is 11.5. The maximum Gasteiger partial charge on any atom is 0.307 e. The Balaban J connectivity index is 1.61. The van der Waals surface area contributed by atoms with Crippen molar-refractivity contribution in [2.45, 2.75) is 65.7 Å². The Morgan fingerprint density at radius 1 is 1.13 bits per heavy atom. The second kappa shape index (κ2) is 5.22. The van der Waals surface area contributed by atoms with Crippen LogP contribution < -0.4 is 0 Å². The van der Waals surface area contributed by atoms with E-state index in [4.69, 9.17) is 4.74 Å². The van der Waals surface area contributed by atoms with E-state index >= 15 is 0 Å². The average molecular weight is 314 g/mol. The Hall–Kier alpha value is -1.05. The number of carbonyl (C=O) groups is 1. The molecule has 0 N–H and O–H groups in total. The number of hydrogen-bond donors (Lipinski definition) is 0. The monoisotopic (exact) mass is 314 g/mol. The van der Waals surface area contributed by atoms with Crippen LogP contribution in [0.25, 0.3) is 0 Å². The number of ether oxygens (including phenoxy) is 1. The van der Waals surface area contributed by atoms with Gasteiger partial charge in [-0.25, -0.2) is 0 Å². The van der Waals surface area contributed by atoms with Crippen LogP contribution in [-0.4, -0.2) is 5.97 Å². The summed E-state index contributed by atoms with van der Waals surface area (Å²) in [6, 6.07) is 0. The molecule has 0 spiro atoms. The van der Waals surface area contributed by atoms with Gasteiger partial charge < -0.3 is 4.74 Å². The largest absolute Gasteiger partial charge is 0.431 e. The fraction of sp³-hybridized carbons (Fsp3) is 0.762. The molecule has 0 saturated heterocycles. The van der Waals surface area contributed by atoms with Crippen LogP contribution in [0.5, 0.6) is 0 Å². The molecule has 4 aliphatic rings. The van der Waals surface area contributed by atoms with E-state index in [9.17, 15) is 4.79 Å². The first-order valence-electron chi connectivity index (χ1n) is 9.49. The third-order valence-electron chi connectivity index (χ3n) is 7.97. The van der Waals surface area contributed by atoms with Gasteiger partial charge in [-0.15, -0.1) is 0 Å². The van der Waals surface area contributed by atoms with E-state index in [-0.39, 0.29) is 11.4 Å². The molecule has 2 fully saturated rings. The molecule has 0 radical (unpaired) electrons. The molecule has 4 rings (SSSR count). The molecule has 0 unspecified atom stereocenters. The highest BCUT2D eigenvalue weighted by molar-refractivity contribution is 5.67. The average Bonchev–Trinajstić information content (AvgIpc) is 2.83. The van der Waals surface area contributed by atoms with Crippen LogP contribution in [0.3, 0.4) is 0 Å².